The quantitative estimate of drug-likeness (QED) is 0.617. The second-order valence-corrected chi connectivity index (χ2v) is 8.63. The van der Waals surface area contributed by atoms with Crippen LogP contribution < -0.4 is 0 Å². The second-order valence-electron chi connectivity index (χ2n) is 5.66. The topological polar surface area (TPSA) is 50.5 Å². The molecule has 0 amide bonds. The number of halogens is 1. The third-order valence-electron chi connectivity index (χ3n) is 3.87. The molecule has 132 valence electrons. The van der Waals surface area contributed by atoms with Gasteiger partial charge in [-0.1, -0.05) is 6.07 Å². The van der Waals surface area contributed by atoms with E-state index in [1.807, 2.05) is 17.5 Å². The van der Waals surface area contributed by atoms with E-state index in [0.29, 0.717) is 24.3 Å². The van der Waals surface area contributed by atoms with Crippen molar-refractivity contribution in [2.45, 2.75) is 24.8 Å². The fraction of sp³-hybridized carbons (Fsp3) is 0.222. The molecule has 0 atom stereocenters. The Balaban J connectivity index is 1.89. The summed E-state index contributed by atoms with van der Waals surface area (Å²) in [6, 6.07) is 11.2. The van der Waals surface area contributed by atoms with Crippen LogP contribution in [0.25, 0.3) is 0 Å². The summed E-state index contributed by atoms with van der Waals surface area (Å²) < 4.78 is 46.3. The molecular formula is C18H18FNO3S2. The molecule has 0 aliphatic rings. The van der Waals surface area contributed by atoms with Crippen LogP contribution in [-0.2, 0) is 23.0 Å². The summed E-state index contributed by atoms with van der Waals surface area (Å²) in [7, 11) is -3.76. The van der Waals surface area contributed by atoms with Crippen LogP contribution >= 0.6 is 11.3 Å². The van der Waals surface area contributed by atoms with Crippen LogP contribution in [0.5, 0.6) is 0 Å². The van der Waals surface area contributed by atoms with Gasteiger partial charge in [-0.25, -0.2) is 12.8 Å². The van der Waals surface area contributed by atoms with Gasteiger partial charge in [-0.3, -0.25) is 0 Å². The first kappa shape index (κ1) is 17.8. The Labute approximate surface area is 150 Å². The van der Waals surface area contributed by atoms with Gasteiger partial charge < -0.3 is 4.42 Å². The molecule has 0 unspecified atom stereocenters. The fourth-order valence-corrected chi connectivity index (χ4v) is 4.67. The van der Waals surface area contributed by atoms with E-state index in [4.69, 9.17) is 4.42 Å². The van der Waals surface area contributed by atoms with Gasteiger partial charge in [0.15, 0.2) is 0 Å². The molecule has 0 aliphatic heterocycles. The largest absolute Gasteiger partial charge is 0.468 e. The molecule has 0 aliphatic carbocycles. The van der Waals surface area contributed by atoms with Crippen LogP contribution in [0.1, 0.15) is 16.2 Å². The lowest BCUT2D eigenvalue weighted by atomic mass is 10.2. The zero-order valence-electron chi connectivity index (χ0n) is 13.7. The molecule has 0 saturated heterocycles. The molecule has 0 fully saturated rings. The maximum atomic E-state index is 13.5. The number of benzene rings is 1. The minimum Gasteiger partial charge on any atom is -0.468 e. The van der Waals surface area contributed by atoms with Crippen LogP contribution in [-0.4, -0.2) is 19.3 Å². The van der Waals surface area contributed by atoms with Gasteiger partial charge in [0.1, 0.15) is 11.6 Å². The lowest BCUT2D eigenvalue weighted by Crippen LogP contribution is -2.32. The van der Waals surface area contributed by atoms with Crippen molar-refractivity contribution in [3.05, 3.63) is 76.1 Å². The summed E-state index contributed by atoms with van der Waals surface area (Å²) in [4.78, 5) is 1.19. The Kier molecular flexibility index (Phi) is 5.36. The predicted molar refractivity (Wildman–Crippen MR) is 95.5 cm³/mol. The van der Waals surface area contributed by atoms with Crippen molar-refractivity contribution in [3.8, 4) is 0 Å². The first-order valence-electron chi connectivity index (χ1n) is 7.78. The predicted octanol–water partition coefficient (Wildman–Crippen LogP) is 4.22. The number of rotatable bonds is 7. The van der Waals surface area contributed by atoms with Crippen LogP contribution in [0.4, 0.5) is 4.39 Å². The van der Waals surface area contributed by atoms with Crippen molar-refractivity contribution in [2.24, 2.45) is 0 Å². The first-order valence-corrected chi connectivity index (χ1v) is 10.1. The normalized spacial score (nSPS) is 12.0. The van der Waals surface area contributed by atoms with Gasteiger partial charge in [0.2, 0.25) is 10.0 Å². The van der Waals surface area contributed by atoms with Crippen molar-refractivity contribution in [1.82, 2.24) is 4.31 Å². The Morgan fingerprint density at radius 1 is 1.20 bits per heavy atom. The number of hydrogen-bond acceptors (Lipinski definition) is 4. The standard InChI is InChI=1S/C18H18FNO3S2/c1-14-12-17(6-7-18(14)19)25(21,22)20(13-15-4-2-10-23-15)9-8-16-5-3-11-24-16/h2-7,10-12H,8-9,13H2,1H3. The zero-order chi connectivity index (χ0) is 17.9. The molecule has 7 heteroatoms. The molecule has 25 heavy (non-hydrogen) atoms. The molecular weight excluding hydrogens is 361 g/mol. The minimum atomic E-state index is -3.76. The maximum absolute atomic E-state index is 13.5. The van der Waals surface area contributed by atoms with E-state index in [1.54, 1.807) is 30.4 Å². The van der Waals surface area contributed by atoms with Crippen molar-refractivity contribution in [1.29, 1.82) is 0 Å². The molecule has 0 N–H and O–H groups in total. The minimum absolute atomic E-state index is 0.0872. The first-order chi connectivity index (χ1) is 12.0. The molecule has 0 spiro atoms. The zero-order valence-corrected chi connectivity index (χ0v) is 15.3. The molecule has 0 saturated carbocycles. The van der Waals surface area contributed by atoms with Crippen molar-refractivity contribution >= 4 is 21.4 Å². The highest BCUT2D eigenvalue weighted by Gasteiger charge is 2.26. The summed E-state index contributed by atoms with van der Waals surface area (Å²) in [5, 5.41) is 1.96. The molecule has 4 nitrogen and oxygen atoms in total. The lowest BCUT2D eigenvalue weighted by molar-refractivity contribution is 0.366. The monoisotopic (exact) mass is 379 g/mol. The van der Waals surface area contributed by atoms with Gasteiger partial charge in [0, 0.05) is 11.4 Å². The van der Waals surface area contributed by atoms with Crippen LogP contribution in [0.2, 0.25) is 0 Å². The summed E-state index contributed by atoms with van der Waals surface area (Å²) >= 11 is 1.59. The van der Waals surface area contributed by atoms with Gasteiger partial charge in [0.25, 0.3) is 0 Å². The van der Waals surface area contributed by atoms with Crippen LogP contribution in [0.15, 0.2) is 63.4 Å². The number of hydrogen-bond donors (Lipinski definition) is 0. The number of thiophene rings is 1. The van der Waals surface area contributed by atoms with Crippen molar-refractivity contribution in [3.63, 3.8) is 0 Å². The molecule has 2 aromatic heterocycles. The van der Waals surface area contributed by atoms with Crippen LogP contribution in [0.3, 0.4) is 0 Å². The van der Waals surface area contributed by atoms with E-state index in [0.717, 1.165) is 4.88 Å². The summed E-state index contributed by atoms with van der Waals surface area (Å²) in [6.45, 7) is 2.01. The summed E-state index contributed by atoms with van der Waals surface area (Å²) in [5.74, 6) is 0.142. The van der Waals surface area contributed by atoms with Gasteiger partial charge in [0.05, 0.1) is 17.7 Å². The van der Waals surface area contributed by atoms with E-state index in [-0.39, 0.29) is 11.4 Å². The molecule has 2 heterocycles. The Morgan fingerprint density at radius 3 is 2.68 bits per heavy atom. The highest BCUT2D eigenvalue weighted by atomic mass is 32.2. The van der Waals surface area contributed by atoms with E-state index in [1.165, 1.54) is 28.8 Å². The number of aryl methyl sites for hydroxylation is 1. The summed E-state index contributed by atoms with van der Waals surface area (Å²) in [5.41, 5.74) is 0.303. The number of furan rings is 1. The Hall–Kier alpha value is -1.96. The van der Waals surface area contributed by atoms with E-state index in [2.05, 4.69) is 0 Å². The highest BCUT2D eigenvalue weighted by molar-refractivity contribution is 7.89. The highest BCUT2D eigenvalue weighted by Crippen LogP contribution is 2.22. The molecule has 0 bridgehead atoms. The number of sulfonamides is 1. The smallest absolute Gasteiger partial charge is 0.243 e. The van der Waals surface area contributed by atoms with E-state index < -0.39 is 15.8 Å². The Bertz CT molecular complexity index is 919. The average molecular weight is 379 g/mol. The van der Waals surface area contributed by atoms with Crippen LogP contribution in [0, 0.1) is 12.7 Å². The fourth-order valence-electron chi connectivity index (χ4n) is 2.48. The van der Waals surface area contributed by atoms with Gasteiger partial charge in [-0.15, -0.1) is 11.3 Å². The lowest BCUT2D eigenvalue weighted by Gasteiger charge is -2.21. The van der Waals surface area contributed by atoms with Gasteiger partial charge in [-0.05, 0) is 60.7 Å². The molecule has 3 aromatic rings. The molecule has 1 aromatic carbocycles. The Morgan fingerprint density at radius 2 is 2.04 bits per heavy atom. The second kappa shape index (κ2) is 7.51. The van der Waals surface area contributed by atoms with Gasteiger partial charge >= 0.3 is 0 Å². The maximum Gasteiger partial charge on any atom is 0.243 e. The average Bonchev–Trinajstić information content (AvgIpc) is 3.27. The third-order valence-corrected chi connectivity index (χ3v) is 6.64. The van der Waals surface area contributed by atoms with Gasteiger partial charge in [-0.2, -0.15) is 4.31 Å². The van der Waals surface area contributed by atoms with Crippen molar-refractivity contribution < 1.29 is 17.2 Å². The SMILES string of the molecule is Cc1cc(S(=O)(=O)N(CCc2cccs2)Cc2ccco2)ccc1F. The van der Waals surface area contributed by atoms with E-state index in [9.17, 15) is 12.8 Å². The summed E-state index contributed by atoms with van der Waals surface area (Å²) in [6.07, 6.45) is 2.12. The molecule has 0 radical (unpaired) electrons. The third kappa shape index (κ3) is 4.18. The molecule has 3 rings (SSSR count). The number of nitrogens with zero attached hydrogens (tertiary/aromatic N) is 1. The van der Waals surface area contributed by atoms with Crippen molar-refractivity contribution in [2.75, 3.05) is 6.54 Å². The van der Waals surface area contributed by atoms with E-state index >= 15 is 0 Å².